The van der Waals surface area contributed by atoms with E-state index in [0.29, 0.717) is 12.4 Å². The second-order valence-corrected chi connectivity index (χ2v) is 19.2. The first-order chi connectivity index (χ1) is 34.5. The van der Waals surface area contributed by atoms with Crippen LogP contribution in [0.3, 0.4) is 0 Å². The van der Waals surface area contributed by atoms with E-state index in [-0.39, 0.29) is 23.4 Å². The lowest BCUT2D eigenvalue weighted by molar-refractivity contribution is -0.148. The number of aliphatic hydroxyl groups excluding tert-OH is 8. The first-order valence-electron chi connectivity index (χ1n) is 24.6. The van der Waals surface area contributed by atoms with Gasteiger partial charge < -0.3 is 87.1 Å². The number of aromatic hydroxyl groups is 1. The van der Waals surface area contributed by atoms with E-state index in [2.05, 4.69) is 33.5 Å². The largest absolute Gasteiger partial charge is 0.508 e. The van der Waals surface area contributed by atoms with Crippen molar-refractivity contribution in [3.8, 4) is 11.5 Å². The molecule has 404 valence electrons. The van der Waals surface area contributed by atoms with Crippen molar-refractivity contribution in [3.05, 3.63) is 59.7 Å². The third-order valence-electron chi connectivity index (χ3n) is 13.4. The first-order valence-corrected chi connectivity index (χ1v) is 24.6. The zero-order chi connectivity index (χ0) is 53.8. The summed E-state index contributed by atoms with van der Waals surface area (Å²) in [5.41, 5.74) is -0.0659. The molecule has 3 aliphatic heterocycles. The summed E-state index contributed by atoms with van der Waals surface area (Å²) in [7, 11) is 0. The van der Waals surface area contributed by atoms with Gasteiger partial charge in [0.2, 0.25) is 35.4 Å². The van der Waals surface area contributed by atoms with Crippen LogP contribution in [0.4, 0.5) is 0 Å². The van der Waals surface area contributed by atoms with Gasteiger partial charge in [0.25, 0.3) is 5.91 Å². The second kappa shape index (κ2) is 26.3. The molecule has 0 radical (unpaired) electrons. The van der Waals surface area contributed by atoms with E-state index >= 15 is 0 Å². The lowest BCUT2D eigenvalue weighted by atomic mass is 9.96. The SMILES string of the molecule is CCCCCCCCOc1ccc(C(=O)N[C@H]2C[C@@H](O)[C@H](O)NC(=O)[C@@H]3[C@@H](O)[C@@H](C)CN3C(=O)[C@H]([C@@H](C)O)NC(=O)[C@H]([C@H](O)[C@@H](O)c3ccc(O)cc3)NC(=O)[C@@H]3C[C@@H](O)CN3C(=O)[C@H]([C@@H](C)O)NC2=O)cc1. The van der Waals surface area contributed by atoms with E-state index in [1.165, 1.54) is 43.3 Å². The van der Waals surface area contributed by atoms with Crippen molar-refractivity contribution in [2.45, 2.75) is 164 Å². The quantitative estimate of drug-likeness (QED) is 0.0786. The Balaban J connectivity index is 1.51. The lowest BCUT2D eigenvalue weighted by Gasteiger charge is -2.34. The van der Waals surface area contributed by atoms with Crippen LogP contribution >= 0.6 is 0 Å². The van der Waals surface area contributed by atoms with E-state index in [0.717, 1.165) is 74.3 Å². The number of phenols is 1. The Labute approximate surface area is 422 Å². The maximum absolute atomic E-state index is 14.4. The standard InChI is InChI=1S/C49H71N7O17/c1-5-6-7-8-9-10-19-73-31-17-13-28(14-18-31)42(65)50-32-21-34(61)45(68)54-47(70)38-39(62)24(2)22-56(38)49(72)36(26(4)58)52-46(69)37(41(64)40(63)27-11-15-29(59)16-12-27)53-44(67)33-20-30(60)23-55(33)48(71)35(25(3)57)51-43(32)66/h11-18,24-26,30,32-41,45,57-64,68H,5-10,19-23H2,1-4H3,(H,50,65)(H,51,66)(H,52,69)(H,53,67)(H,54,70)/t24-,25+,26+,30+,32-,33-,34+,35-,36-,37-,38-,39-,40-,41-,45-/m0/s1. The Kier molecular flexibility index (Phi) is 20.9. The Morgan fingerprint density at radius 3 is 1.89 bits per heavy atom. The number of carbonyl (C=O) groups is 7. The number of amides is 7. The highest BCUT2D eigenvalue weighted by Gasteiger charge is 2.50. The normalized spacial score (nSPS) is 29.6. The summed E-state index contributed by atoms with van der Waals surface area (Å²) in [6.07, 6.45) is -10.4. The molecular formula is C49H71N7O17. The summed E-state index contributed by atoms with van der Waals surface area (Å²) in [6.45, 7) is 5.28. The lowest BCUT2D eigenvalue weighted by Crippen LogP contribution is -2.64. The van der Waals surface area contributed by atoms with Crippen LogP contribution in [-0.4, -0.2) is 196 Å². The molecule has 0 aromatic heterocycles. The summed E-state index contributed by atoms with van der Waals surface area (Å²) < 4.78 is 5.81. The number of nitrogens with one attached hydrogen (secondary N) is 5. The molecule has 0 bridgehead atoms. The third kappa shape index (κ3) is 14.8. The van der Waals surface area contributed by atoms with E-state index in [9.17, 15) is 79.5 Å². The molecule has 0 saturated carbocycles. The average molecular weight is 1030 g/mol. The number of aliphatic hydroxyl groups is 8. The maximum atomic E-state index is 14.4. The third-order valence-corrected chi connectivity index (χ3v) is 13.4. The first kappa shape index (κ1) is 57.9. The highest BCUT2D eigenvalue weighted by Crippen LogP contribution is 2.28. The molecule has 3 saturated heterocycles. The summed E-state index contributed by atoms with van der Waals surface area (Å²) in [4.78, 5) is 101. The Bertz CT molecular complexity index is 2220. The Morgan fingerprint density at radius 2 is 1.27 bits per heavy atom. The predicted molar refractivity (Wildman–Crippen MR) is 256 cm³/mol. The van der Waals surface area contributed by atoms with Crippen molar-refractivity contribution in [3.63, 3.8) is 0 Å². The summed E-state index contributed by atoms with van der Waals surface area (Å²) in [5.74, 6) is -8.94. The van der Waals surface area contributed by atoms with Gasteiger partial charge in [-0.1, -0.05) is 58.1 Å². The van der Waals surface area contributed by atoms with Crippen LogP contribution in [0.15, 0.2) is 48.5 Å². The van der Waals surface area contributed by atoms with Gasteiger partial charge in [-0.05, 0) is 62.2 Å². The number of hydrogen-bond acceptors (Lipinski definition) is 17. The summed E-state index contributed by atoms with van der Waals surface area (Å²) in [6, 6.07) is -1.02. The molecule has 0 unspecified atom stereocenters. The van der Waals surface area contributed by atoms with E-state index in [1.54, 1.807) is 0 Å². The van der Waals surface area contributed by atoms with Gasteiger partial charge in [0.15, 0.2) is 6.23 Å². The topological polar surface area (TPSA) is 377 Å². The molecule has 3 heterocycles. The molecule has 0 aliphatic carbocycles. The van der Waals surface area contributed by atoms with Crippen LogP contribution in [-0.2, 0) is 28.8 Å². The fraction of sp³-hybridized carbons (Fsp3) is 0.612. The van der Waals surface area contributed by atoms with Crippen molar-refractivity contribution in [2.75, 3.05) is 19.7 Å². The van der Waals surface area contributed by atoms with E-state index in [4.69, 9.17) is 4.74 Å². The molecular weight excluding hydrogens is 959 g/mol. The minimum Gasteiger partial charge on any atom is -0.508 e. The molecule has 24 nitrogen and oxygen atoms in total. The number of nitrogens with zero attached hydrogens (tertiary/aromatic N) is 2. The van der Waals surface area contributed by atoms with Gasteiger partial charge in [-0.15, -0.1) is 0 Å². The molecule has 73 heavy (non-hydrogen) atoms. The zero-order valence-electron chi connectivity index (χ0n) is 41.2. The highest BCUT2D eigenvalue weighted by atomic mass is 16.5. The van der Waals surface area contributed by atoms with E-state index < -0.39 is 152 Å². The van der Waals surface area contributed by atoms with Crippen LogP contribution in [0, 0.1) is 5.92 Å². The molecule has 3 aliphatic rings. The molecule has 15 atom stereocenters. The number of fused-ring (bicyclic) bond motifs is 2. The molecule has 2 aromatic carbocycles. The van der Waals surface area contributed by atoms with Gasteiger partial charge in [0.05, 0.1) is 31.0 Å². The molecule has 3 fully saturated rings. The van der Waals surface area contributed by atoms with Gasteiger partial charge in [0.1, 0.15) is 66.1 Å². The minimum absolute atomic E-state index is 0.00468. The number of rotatable bonds is 15. The number of phenolic OH excluding ortho intramolecular Hbond substituents is 1. The van der Waals surface area contributed by atoms with Crippen molar-refractivity contribution < 1.29 is 84.3 Å². The van der Waals surface area contributed by atoms with Gasteiger partial charge in [-0.2, -0.15) is 0 Å². The number of benzene rings is 2. The summed E-state index contributed by atoms with van der Waals surface area (Å²) in [5, 5.41) is 110. The van der Waals surface area contributed by atoms with Crippen molar-refractivity contribution >= 4 is 41.4 Å². The van der Waals surface area contributed by atoms with Crippen molar-refractivity contribution in [1.82, 2.24) is 36.4 Å². The van der Waals surface area contributed by atoms with Crippen LogP contribution < -0.4 is 31.3 Å². The smallest absolute Gasteiger partial charge is 0.251 e. The fourth-order valence-corrected chi connectivity index (χ4v) is 9.04. The molecule has 14 N–H and O–H groups in total. The van der Waals surface area contributed by atoms with Crippen LogP contribution in [0.1, 0.15) is 101 Å². The molecule has 5 rings (SSSR count). The predicted octanol–water partition coefficient (Wildman–Crippen LogP) is -3.09. The second-order valence-electron chi connectivity index (χ2n) is 19.2. The van der Waals surface area contributed by atoms with Crippen molar-refractivity contribution in [1.29, 1.82) is 0 Å². The zero-order valence-corrected chi connectivity index (χ0v) is 41.2. The number of unbranched alkanes of at least 4 members (excludes halogenated alkanes) is 5. The van der Waals surface area contributed by atoms with Gasteiger partial charge >= 0.3 is 0 Å². The Hall–Kier alpha value is -5.99. The van der Waals surface area contributed by atoms with Gasteiger partial charge in [0, 0.05) is 37.4 Å². The number of ether oxygens (including phenoxy) is 1. The Morgan fingerprint density at radius 1 is 0.699 bits per heavy atom. The van der Waals surface area contributed by atoms with E-state index in [1.807, 2.05) is 0 Å². The molecule has 24 heteroatoms. The van der Waals surface area contributed by atoms with Gasteiger partial charge in [-0.25, -0.2) is 0 Å². The number of hydrogen-bond donors (Lipinski definition) is 14. The molecule has 7 amide bonds. The van der Waals surface area contributed by atoms with Crippen LogP contribution in [0.2, 0.25) is 0 Å². The highest BCUT2D eigenvalue weighted by molar-refractivity contribution is 6.00. The van der Waals surface area contributed by atoms with Crippen LogP contribution in [0.25, 0.3) is 0 Å². The van der Waals surface area contributed by atoms with Crippen LogP contribution in [0.5, 0.6) is 11.5 Å². The summed E-state index contributed by atoms with van der Waals surface area (Å²) >= 11 is 0. The molecule has 0 spiro atoms. The maximum Gasteiger partial charge on any atom is 0.251 e. The number of carbonyl (C=O) groups excluding carboxylic acids is 7. The monoisotopic (exact) mass is 1030 g/mol. The van der Waals surface area contributed by atoms with Crippen molar-refractivity contribution in [2.24, 2.45) is 5.92 Å². The average Bonchev–Trinajstić information content (AvgIpc) is 3.90. The fourth-order valence-electron chi connectivity index (χ4n) is 9.04. The minimum atomic E-state index is -2.28. The molecule has 2 aromatic rings. The van der Waals surface area contributed by atoms with Gasteiger partial charge in [-0.3, -0.25) is 33.6 Å².